The van der Waals surface area contributed by atoms with E-state index in [1.54, 1.807) is 35.6 Å². The molecule has 0 atom stereocenters. The van der Waals surface area contributed by atoms with Crippen LogP contribution in [0.4, 0.5) is 0 Å². The third-order valence-electron chi connectivity index (χ3n) is 4.81. The van der Waals surface area contributed by atoms with E-state index in [2.05, 4.69) is 24.9 Å². The molecule has 0 aliphatic heterocycles. The molecule has 1 aromatic heterocycles. The van der Waals surface area contributed by atoms with Crippen LogP contribution in [0.1, 0.15) is 46.0 Å². The van der Waals surface area contributed by atoms with Gasteiger partial charge in [-0.25, -0.2) is 4.98 Å². The van der Waals surface area contributed by atoms with Gasteiger partial charge in [0.05, 0.1) is 12.2 Å². The first-order valence-electron chi connectivity index (χ1n) is 9.54. The molecule has 0 fully saturated rings. The van der Waals surface area contributed by atoms with E-state index in [1.165, 1.54) is 5.56 Å². The van der Waals surface area contributed by atoms with Crippen molar-refractivity contribution in [2.75, 3.05) is 0 Å². The van der Waals surface area contributed by atoms with Gasteiger partial charge < -0.3 is 9.64 Å². The van der Waals surface area contributed by atoms with Crippen LogP contribution in [0, 0.1) is 13.8 Å². The maximum atomic E-state index is 12.9. The molecule has 4 nitrogen and oxygen atoms in total. The molecule has 0 N–H and O–H groups in total. The van der Waals surface area contributed by atoms with Crippen LogP contribution in [0.2, 0.25) is 5.02 Å². The fourth-order valence-corrected chi connectivity index (χ4v) is 3.75. The van der Waals surface area contributed by atoms with Gasteiger partial charge in [-0.1, -0.05) is 23.7 Å². The lowest BCUT2D eigenvalue weighted by Gasteiger charge is -2.26. The van der Waals surface area contributed by atoms with Crippen LogP contribution < -0.4 is 4.74 Å². The van der Waals surface area contributed by atoms with Gasteiger partial charge in [0.15, 0.2) is 0 Å². The van der Waals surface area contributed by atoms with Gasteiger partial charge in [0.1, 0.15) is 17.4 Å². The highest BCUT2D eigenvalue weighted by Crippen LogP contribution is 2.23. The van der Waals surface area contributed by atoms with E-state index >= 15 is 0 Å². The molecule has 0 bridgehead atoms. The zero-order valence-corrected chi connectivity index (χ0v) is 18.7. The van der Waals surface area contributed by atoms with E-state index in [9.17, 15) is 4.79 Å². The number of carbonyl (C=O) groups excluding carboxylic acids is 1. The fourth-order valence-electron chi connectivity index (χ4n) is 2.93. The van der Waals surface area contributed by atoms with Crippen molar-refractivity contribution in [1.29, 1.82) is 0 Å². The second-order valence-electron chi connectivity index (χ2n) is 7.25. The predicted molar refractivity (Wildman–Crippen MR) is 119 cm³/mol. The minimum absolute atomic E-state index is 0.0298. The first-order chi connectivity index (χ1) is 13.8. The number of aromatic nitrogens is 1. The summed E-state index contributed by atoms with van der Waals surface area (Å²) in [6.45, 7) is 9.01. The van der Waals surface area contributed by atoms with Crippen molar-refractivity contribution >= 4 is 28.8 Å². The summed E-state index contributed by atoms with van der Waals surface area (Å²) in [5.74, 6) is 0.848. The Morgan fingerprint density at radius 1 is 1.17 bits per heavy atom. The normalized spacial score (nSPS) is 11.0. The van der Waals surface area contributed by atoms with Crippen LogP contribution in [0.5, 0.6) is 5.75 Å². The lowest BCUT2D eigenvalue weighted by Crippen LogP contribution is -2.36. The predicted octanol–water partition coefficient (Wildman–Crippen LogP) is 6.04. The van der Waals surface area contributed by atoms with E-state index in [1.807, 2.05) is 36.3 Å². The van der Waals surface area contributed by atoms with Gasteiger partial charge in [-0.2, -0.15) is 0 Å². The number of nitrogens with zero attached hydrogens (tertiary/aromatic N) is 2. The van der Waals surface area contributed by atoms with Crippen LogP contribution in [-0.4, -0.2) is 21.8 Å². The summed E-state index contributed by atoms with van der Waals surface area (Å²) < 4.78 is 5.95. The number of hydrogen-bond donors (Lipinski definition) is 0. The monoisotopic (exact) mass is 428 g/mol. The Morgan fingerprint density at radius 2 is 1.90 bits per heavy atom. The third kappa shape index (κ3) is 5.37. The van der Waals surface area contributed by atoms with Crippen molar-refractivity contribution in [3.05, 3.63) is 80.3 Å². The summed E-state index contributed by atoms with van der Waals surface area (Å²) in [6.07, 6.45) is 0. The molecule has 2 aromatic carbocycles. The van der Waals surface area contributed by atoms with E-state index in [0.29, 0.717) is 23.7 Å². The molecular formula is C23H25ClN2O2S. The Bertz CT molecular complexity index is 983. The van der Waals surface area contributed by atoms with Crippen LogP contribution in [-0.2, 0) is 13.2 Å². The maximum Gasteiger partial charge on any atom is 0.254 e. The molecule has 0 spiro atoms. The molecule has 152 valence electrons. The zero-order chi connectivity index (χ0) is 21.0. The number of ether oxygens (including phenoxy) is 1. The van der Waals surface area contributed by atoms with Crippen molar-refractivity contribution in [2.24, 2.45) is 0 Å². The summed E-state index contributed by atoms with van der Waals surface area (Å²) in [5.41, 5.74) is 3.84. The van der Waals surface area contributed by atoms with Crippen molar-refractivity contribution in [1.82, 2.24) is 9.88 Å². The third-order valence-corrected chi connectivity index (χ3v) is 5.94. The molecule has 0 aliphatic rings. The zero-order valence-electron chi connectivity index (χ0n) is 17.1. The van der Waals surface area contributed by atoms with Gasteiger partial charge in [-0.05, 0) is 69.2 Å². The highest BCUT2D eigenvalue weighted by atomic mass is 35.5. The average Bonchev–Trinajstić information content (AvgIpc) is 3.15. The maximum absolute atomic E-state index is 12.9. The first-order valence-corrected chi connectivity index (χ1v) is 10.8. The molecule has 0 radical (unpaired) electrons. The van der Waals surface area contributed by atoms with Gasteiger partial charge in [-0.15, -0.1) is 11.3 Å². The number of halogens is 1. The molecule has 29 heavy (non-hydrogen) atoms. The minimum Gasteiger partial charge on any atom is -0.486 e. The standard InChI is InChI=1S/C23H25ClN2O2S/c1-15(2)26(23(27)18-8-10-19(24)11-9-18)12-20-14-29-22(25-20)13-28-21-7-5-6-16(3)17(21)4/h5-11,14-15H,12-13H2,1-4H3. The molecule has 3 rings (SSSR count). The Kier molecular flexibility index (Phi) is 6.93. The summed E-state index contributed by atoms with van der Waals surface area (Å²) in [5, 5.41) is 3.50. The molecule has 1 amide bonds. The molecule has 1 heterocycles. The average molecular weight is 429 g/mol. The number of amides is 1. The van der Waals surface area contributed by atoms with Crippen LogP contribution in [0.25, 0.3) is 0 Å². The second-order valence-corrected chi connectivity index (χ2v) is 8.63. The number of thiazole rings is 1. The van der Waals surface area contributed by atoms with Crippen LogP contribution in [0.15, 0.2) is 47.8 Å². The number of rotatable bonds is 7. The quantitative estimate of drug-likeness (QED) is 0.460. The number of benzene rings is 2. The first kappa shape index (κ1) is 21.3. The largest absolute Gasteiger partial charge is 0.486 e. The lowest BCUT2D eigenvalue weighted by atomic mass is 10.1. The summed E-state index contributed by atoms with van der Waals surface area (Å²) in [7, 11) is 0. The Morgan fingerprint density at radius 3 is 2.59 bits per heavy atom. The number of hydrogen-bond acceptors (Lipinski definition) is 4. The van der Waals surface area contributed by atoms with Crippen molar-refractivity contribution in [3.8, 4) is 5.75 Å². The van der Waals surface area contributed by atoms with Crippen LogP contribution in [0.3, 0.4) is 0 Å². The van der Waals surface area contributed by atoms with Gasteiger partial charge in [0.25, 0.3) is 5.91 Å². The van der Waals surface area contributed by atoms with Gasteiger partial charge in [0.2, 0.25) is 0 Å². The number of aryl methyl sites for hydroxylation is 1. The van der Waals surface area contributed by atoms with E-state index in [-0.39, 0.29) is 11.9 Å². The highest BCUT2D eigenvalue weighted by Gasteiger charge is 2.20. The van der Waals surface area contributed by atoms with E-state index in [0.717, 1.165) is 22.0 Å². The molecule has 6 heteroatoms. The van der Waals surface area contributed by atoms with Gasteiger partial charge >= 0.3 is 0 Å². The minimum atomic E-state index is -0.0298. The van der Waals surface area contributed by atoms with Gasteiger partial charge in [-0.3, -0.25) is 4.79 Å². The van der Waals surface area contributed by atoms with E-state index in [4.69, 9.17) is 16.3 Å². The van der Waals surface area contributed by atoms with Gasteiger partial charge in [0, 0.05) is 22.0 Å². The summed E-state index contributed by atoms with van der Waals surface area (Å²) >= 11 is 7.49. The molecule has 3 aromatic rings. The highest BCUT2D eigenvalue weighted by molar-refractivity contribution is 7.09. The topological polar surface area (TPSA) is 42.4 Å². The molecule has 0 unspecified atom stereocenters. The second kappa shape index (κ2) is 9.42. The Hall–Kier alpha value is -2.37. The smallest absolute Gasteiger partial charge is 0.254 e. The van der Waals surface area contributed by atoms with Crippen molar-refractivity contribution in [3.63, 3.8) is 0 Å². The lowest BCUT2D eigenvalue weighted by molar-refractivity contribution is 0.0688. The number of carbonyl (C=O) groups is 1. The fraction of sp³-hybridized carbons (Fsp3) is 0.304. The molecular weight excluding hydrogens is 404 g/mol. The van der Waals surface area contributed by atoms with Crippen molar-refractivity contribution in [2.45, 2.75) is 46.9 Å². The Labute approximate surface area is 181 Å². The molecule has 0 aliphatic carbocycles. The Balaban J connectivity index is 1.67. The molecule has 0 saturated carbocycles. The molecule has 0 saturated heterocycles. The van der Waals surface area contributed by atoms with E-state index < -0.39 is 0 Å². The summed E-state index contributed by atoms with van der Waals surface area (Å²) in [4.78, 5) is 19.4. The van der Waals surface area contributed by atoms with Crippen molar-refractivity contribution < 1.29 is 9.53 Å². The summed E-state index contributed by atoms with van der Waals surface area (Å²) in [6, 6.07) is 13.1. The van der Waals surface area contributed by atoms with Crippen LogP contribution >= 0.6 is 22.9 Å². The SMILES string of the molecule is Cc1cccc(OCc2nc(CN(C(=O)c3ccc(Cl)cc3)C(C)C)cs2)c1C.